The van der Waals surface area contributed by atoms with Crippen molar-refractivity contribution in [2.24, 2.45) is 0 Å². The van der Waals surface area contributed by atoms with E-state index in [1.165, 1.54) is 29.5 Å². The average molecular weight is 382 g/mol. The number of anilines is 1. The van der Waals surface area contributed by atoms with Gasteiger partial charge in [0.1, 0.15) is 12.2 Å². The van der Waals surface area contributed by atoms with Gasteiger partial charge in [-0.2, -0.15) is 5.10 Å². The van der Waals surface area contributed by atoms with Gasteiger partial charge in [-0.25, -0.2) is 13.5 Å². The number of rotatable bonds is 4. The summed E-state index contributed by atoms with van der Waals surface area (Å²) in [7, 11) is 0. The molecule has 128 valence electrons. The molecule has 1 aromatic carbocycles. The van der Waals surface area contributed by atoms with Gasteiger partial charge >= 0.3 is 0 Å². The molecule has 0 spiro atoms. The highest BCUT2D eigenvalue weighted by atomic mass is 35.5. The fourth-order valence-electron chi connectivity index (χ4n) is 2.06. The van der Waals surface area contributed by atoms with Crippen molar-refractivity contribution >= 4 is 34.5 Å². The van der Waals surface area contributed by atoms with E-state index in [4.69, 9.17) is 11.6 Å². The number of amides is 1. The lowest BCUT2D eigenvalue weighted by molar-refractivity contribution is -0.117. The van der Waals surface area contributed by atoms with Crippen LogP contribution in [0.2, 0.25) is 4.34 Å². The van der Waals surface area contributed by atoms with E-state index in [2.05, 4.69) is 10.4 Å². The standard InChI is InChI=1S/C16H10ClF2N3O2S/c17-14-5-4-13(25-14)12-3-6-16(24)22(21-12)8-15(23)20-9-1-2-10(18)11(19)7-9/h1-7H,8H2,(H,20,23). The minimum absolute atomic E-state index is 0.0816. The first-order valence-electron chi connectivity index (χ1n) is 7.01. The molecule has 3 aromatic rings. The van der Waals surface area contributed by atoms with Crippen molar-refractivity contribution in [1.29, 1.82) is 0 Å². The van der Waals surface area contributed by atoms with Crippen molar-refractivity contribution in [1.82, 2.24) is 9.78 Å². The summed E-state index contributed by atoms with van der Waals surface area (Å²) in [6, 6.07) is 9.26. The smallest absolute Gasteiger partial charge is 0.267 e. The first-order chi connectivity index (χ1) is 11.9. The number of carbonyl (C=O) groups is 1. The van der Waals surface area contributed by atoms with Crippen LogP contribution in [0, 0.1) is 11.6 Å². The summed E-state index contributed by atoms with van der Waals surface area (Å²) in [6.45, 7) is -0.370. The van der Waals surface area contributed by atoms with Crippen LogP contribution in [0.1, 0.15) is 0 Å². The molecule has 2 heterocycles. The number of nitrogens with one attached hydrogen (secondary N) is 1. The minimum atomic E-state index is -1.08. The summed E-state index contributed by atoms with van der Waals surface area (Å²) in [4.78, 5) is 24.7. The molecule has 0 radical (unpaired) electrons. The maximum absolute atomic E-state index is 13.2. The third-order valence-electron chi connectivity index (χ3n) is 3.19. The lowest BCUT2D eigenvalue weighted by Gasteiger charge is -2.08. The van der Waals surface area contributed by atoms with Gasteiger partial charge in [0.2, 0.25) is 5.91 Å². The van der Waals surface area contributed by atoms with Crippen LogP contribution in [-0.4, -0.2) is 15.7 Å². The highest BCUT2D eigenvalue weighted by Gasteiger charge is 2.11. The summed E-state index contributed by atoms with van der Waals surface area (Å²) in [5.41, 5.74) is 0.113. The fraction of sp³-hybridized carbons (Fsp3) is 0.0625. The maximum Gasteiger partial charge on any atom is 0.267 e. The molecule has 0 saturated carbocycles. The third-order valence-corrected chi connectivity index (χ3v) is 4.44. The van der Waals surface area contributed by atoms with Crippen molar-refractivity contribution < 1.29 is 13.6 Å². The number of nitrogens with zero attached hydrogens (tertiary/aromatic N) is 2. The van der Waals surface area contributed by atoms with Crippen molar-refractivity contribution in [3.63, 3.8) is 0 Å². The molecule has 0 saturated heterocycles. The molecule has 0 bridgehead atoms. The minimum Gasteiger partial charge on any atom is -0.324 e. The molecule has 1 N–H and O–H groups in total. The van der Waals surface area contributed by atoms with Crippen LogP contribution in [0.4, 0.5) is 14.5 Å². The molecular weight excluding hydrogens is 372 g/mol. The van der Waals surface area contributed by atoms with Crippen molar-refractivity contribution in [3.8, 4) is 10.6 Å². The number of halogens is 3. The number of hydrogen-bond donors (Lipinski definition) is 1. The summed E-state index contributed by atoms with van der Waals surface area (Å²) in [5, 5.41) is 6.52. The van der Waals surface area contributed by atoms with E-state index in [0.717, 1.165) is 21.7 Å². The molecular formula is C16H10ClF2N3O2S. The predicted molar refractivity (Wildman–Crippen MR) is 91.8 cm³/mol. The number of carbonyl (C=O) groups excluding carboxylic acids is 1. The molecule has 0 aliphatic rings. The van der Waals surface area contributed by atoms with E-state index in [-0.39, 0.29) is 12.2 Å². The average Bonchev–Trinajstić information content (AvgIpc) is 2.99. The van der Waals surface area contributed by atoms with Crippen LogP contribution in [0.25, 0.3) is 10.6 Å². The molecule has 1 amide bonds. The Kier molecular flexibility index (Phi) is 4.91. The molecule has 25 heavy (non-hydrogen) atoms. The third kappa shape index (κ3) is 4.09. The van der Waals surface area contributed by atoms with Gasteiger partial charge in [-0.1, -0.05) is 11.6 Å². The van der Waals surface area contributed by atoms with Crippen LogP contribution in [0.5, 0.6) is 0 Å². The normalized spacial score (nSPS) is 10.7. The molecule has 2 aromatic heterocycles. The van der Waals surface area contributed by atoms with E-state index in [1.54, 1.807) is 12.1 Å². The zero-order valence-electron chi connectivity index (χ0n) is 12.5. The summed E-state index contributed by atoms with van der Waals surface area (Å²) >= 11 is 7.17. The number of hydrogen-bond acceptors (Lipinski definition) is 4. The summed E-state index contributed by atoms with van der Waals surface area (Å²) < 4.78 is 27.6. The zero-order chi connectivity index (χ0) is 18.0. The van der Waals surface area contributed by atoms with Crippen LogP contribution in [0.15, 0.2) is 47.3 Å². The Hall–Kier alpha value is -2.58. The summed E-state index contributed by atoms with van der Waals surface area (Å²) in [5.74, 6) is -2.69. The van der Waals surface area contributed by atoms with Gasteiger partial charge in [-0.15, -0.1) is 11.3 Å². The highest BCUT2D eigenvalue weighted by molar-refractivity contribution is 7.19. The van der Waals surface area contributed by atoms with Crippen molar-refractivity contribution in [3.05, 3.63) is 68.8 Å². The number of benzene rings is 1. The van der Waals surface area contributed by atoms with Crippen LogP contribution >= 0.6 is 22.9 Å². The first kappa shape index (κ1) is 17.2. The SMILES string of the molecule is O=C(Cn1nc(-c2ccc(Cl)s2)ccc1=O)Nc1ccc(F)c(F)c1. The molecule has 0 aliphatic carbocycles. The summed E-state index contributed by atoms with van der Waals surface area (Å²) in [6.07, 6.45) is 0. The zero-order valence-corrected chi connectivity index (χ0v) is 14.1. The Labute approximate surface area is 149 Å². The van der Waals surface area contributed by atoms with Gasteiger partial charge in [-0.3, -0.25) is 9.59 Å². The molecule has 3 rings (SSSR count). The Morgan fingerprint density at radius 2 is 1.96 bits per heavy atom. The molecule has 5 nitrogen and oxygen atoms in total. The van der Waals surface area contributed by atoms with Crippen molar-refractivity contribution in [2.75, 3.05) is 5.32 Å². The van der Waals surface area contributed by atoms with Crippen LogP contribution < -0.4 is 10.9 Å². The molecule has 0 unspecified atom stereocenters. The van der Waals surface area contributed by atoms with Gasteiger partial charge in [0, 0.05) is 17.8 Å². The van der Waals surface area contributed by atoms with E-state index in [1.807, 2.05) is 0 Å². The molecule has 0 fully saturated rings. The fourth-order valence-corrected chi connectivity index (χ4v) is 3.06. The second-order valence-corrected chi connectivity index (χ2v) is 6.71. The Balaban J connectivity index is 1.78. The van der Waals surface area contributed by atoms with E-state index < -0.39 is 23.1 Å². The maximum atomic E-state index is 13.2. The second-order valence-electron chi connectivity index (χ2n) is 5.00. The van der Waals surface area contributed by atoms with Crippen LogP contribution in [0.3, 0.4) is 0 Å². The quantitative estimate of drug-likeness (QED) is 0.751. The van der Waals surface area contributed by atoms with E-state index in [0.29, 0.717) is 10.0 Å². The number of aromatic nitrogens is 2. The van der Waals surface area contributed by atoms with Gasteiger partial charge in [0.25, 0.3) is 5.56 Å². The van der Waals surface area contributed by atoms with Gasteiger partial charge in [0.15, 0.2) is 11.6 Å². The topological polar surface area (TPSA) is 64.0 Å². The van der Waals surface area contributed by atoms with E-state index in [9.17, 15) is 18.4 Å². The molecule has 0 atom stereocenters. The lowest BCUT2D eigenvalue weighted by atomic mass is 10.3. The van der Waals surface area contributed by atoms with Crippen LogP contribution in [-0.2, 0) is 11.3 Å². The largest absolute Gasteiger partial charge is 0.324 e. The lowest BCUT2D eigenvalue weighted by Crippen LogP contribution is -2.29. The Morgan fingerprint density at radius 3 is 2.64 bits per heavy atom. The Bertz CT molecular complexity index is 1000. The predicted octanol–water partition coefficient (Wildman–Crippen LogP) is 3.54. The number of thiophene rings is 1. The van der Waals surface area contributed by atoms with Gasteiger partial charge < -0.3 is 5.32 Å². The van der Waals surface area contributed by atoms with E-state index >= 15 is 0 Å². The monoisotopic (exact) mass is 381 g/mol. The molecule has 9 heteroatoms. The molecule has 0 aliphatic heterocycles. The van der Waals surface area contributed by atoms with Gasteiger partial charge in [0.05, 0.1) is 9.21 Å². The first-order valence-corrected chi connectivity index (χ1v) is 8.20. The highest BCUT2D eigenvalue weighted by Crippen LogP contribution is 2.28. The Morgan fingerprint density at radius 1 is 1.16 bits per heavy atom. The second kappa shape index (κ2) is 7.12. The van der Waals surface area contributed by atoms with Crippen molar-refractivity contribution in [2.45, 2.75) is 6.54 Å². The van der Waals surface area contributed by atoms with Gasteiger partial charge in [-0.05, 0) is 30.3 Å².